The summed E-state index contributed by atoms with van der Waals surface area (Å²) in [7, 11) is 1.62. The summed E-state index contributed by atoms with van der Waals surface area (Å²) >= 11 is 0. The van der Waals surface area contributed by atoms with Crippen molar-refractivity contribution < 1.29 is 14.3 Å². The summed E-state index contributed by atoms with van der Waals surface area (Å²) in [5, 5.41) is 2.93. The number of carbonyl (C=O) groups excluding carboxylic acids is 2. The normalized spacial score (nSPS) is 10.3. The van der Waals surface area contributed by atoms with Crippen LogP contribution in [-0.4, -0.2) is 36.9 Å². The van der Waals surface area contributed by atoms with E-state index in [2.05, 4.69) is 5.32 Å². The first-order valence-corrected chi connectivity index (χ1v) is 8.66. The van der Waals surface area contributed by atoms with Crippen molar-refractivity contribution in [3.05, 3.63) is 59.2 Å². The molecule has 2 rings (SSSR count). The lowest BCUT2D eigenvalue weighted by Crippen LogP contribution is -2.38. The van der Waals surface area contributed by atoms with Gasteiger partial charge < -0.3 is 15.0 Å². The van der Waals surface area contributed by atoms with Gasteiger partial charge in [-0.1, -0.05) is 36.4 Å². The molecule has 0 spiro atoms. The molecule has 26 heavy (non-hydrogen) atoms. The van der Waals surface area contributed by atoms with Crippen LogP contribution in [0.4, 0.5) is 5.69 Å². The summed E-state index contributed by atoms with van der Waals surface area (Å²) in [5.74, 6) is 0.463. The predicted octanol–water partition coefficient (Wildman–Crippen LogP) is 3.34. The van der Waals surface area contributed by atoms with Crippen LogP contribution in [0.5, 0.6) is 5.75 Å². The third-order valence-electron chi connectivity index (χ3n) is 4.37. The van der Waals surface area contributed by atoms with Crippen molar-refractivity contribution in [1.29, 1.82) is 0 Å². The van der Waals surface area contributed by atoms with E-state index < -0.39 is 0 Å². The van der Waals surface area contributed by atoms with Crippen molar-refractivity contribution in [2.75, 3.05) is 25.5 Å². The van der Waals surface area contributed by atoms with Crippen molar-refractivity contribution in [1.82, 2.24) is 4.90 Å². The quantitative estimate of drug-likeness (QED) is 0.830. The molecule has 138 valence electrons. The van der Waals surface area contributed by atoms with E-state index in [1.807, 2.05) is 56.3 Å². The second-order valence-corrected chi connectivity index (χ2v) is 6.32. The molecule has 0 unspecified atom stereocenters. The molecule has 2 amide bonds. The first kappa shape index (κ1) is 19.5. The van der Waals surface area contributed by atoms with Crippen molar-refractivity contribution in [2.24, 2.45) is 0 Å². The van der Waals surface area contributed by atoms with Crippen LogP contribution in [0.1, 0.15) is 23.6 Å². The number of ether oxygens (including phenoxy) is 1. The average molecular weight is 354 g/mol. The van der Waals surface area contributed by atoms with Gasteiger partial charge in [-0.05, 0) is 43.0 Å². The third kappa shape index (κ3) is 5.09. The van der Waals surface area contributed by atoms with E-state index in [9.17, 15) is 9.59 Å². The monoisotopic (exact) mass is 354 g/mol. The van der Waals surface area contributed by atoms with Gasteiger partial charge in [-0.2, -0.15) is 0 Å². The zero-order valence-electron chi connectivity index (χ0n) is 15.8. The molecule has 0 radical (unpaired) electrons. The number of aryl methyl sites for hydroxylation is 2. The molecule has 2 aromatic carbocycles. The van der Waals surface area contributed by atoms with Gasteiger partial charge in [-0.3, -0.25) is 9.59 Å². The maximum absolute atomic E-state index is 12.4. The lowest BCUT2D eigenvalue weighted by atomic mass is 10.1. The van der Waals surface area contributed by atoms with Crippen LogP contribution in [0, 0.1) is 13.8 Å². The number of para-hydroxylation sites is 2. The smallest absolute Gasteiger partial charge is 0.244 e. The number of hydrogen-bond donors (Lipinski definition) is 1. The number of anilines is 1. The Labute approximate surface area is 155 Å². The van der Waals surface area contributed by atoms with E-state index in [1.54, 1.807) is 12.0 Å². The van der Waals surface area contributed by atoms with Crippen molar-refractivity contribution in [3.8, 4) is 5.75 Å². The SMILES string of the molecule is COc1ccccc1CCN(CC(=O)Nc1c(C)cccc1C)C(C)=O. The Morgan fingerprint density at radius 1 is 1.04 bits per heavy atom. The summed E-state index contributed by atoms with van der Waals surface area (Å²) in [6, 6.07) is 13.6. The van der Waals surface area contributed by atoms with Gasteiger partial charge in [0, 0.05) is 19.2 Å². The highest BCUT2D eigenvalue weighted by atomic mass is 16.5. The highest BCUT2D eigenvalue weighted by molar-refractivity contribution is 5.95. The molecule has 0 atom stereocenters. The summed E-state index contributed by atoms with van der Waals surface area (Å²) < 4.78 is 5.34. The topological polar surface area (TPSA) is 58.6 Å². The second kappa shape index (κ2) is 9.04. The van der Waals surface area contributed by atoms with E-state index in [4.69, 9.17) is 4.74 Å². The zero-order chi connectivity index (χ0) is 19.1. The largest absolute Gasteiger partial charge is 0.496 e. The maximum Gasteiger partial charge on any atom is 0.244 e. The van der Waals surface area contributed by atoms with Crippen molar-refractivity contribution in [2.45, 2.75) is 27.2 Å². The van der Waals surface area contributed by atoms with Crippen LogP contribution in [0.25, 0.3) is 0 Å². The number of benzene rings is 2. The number of amides is 2. The maximum atomic E-state index is 12.4. The van der Waals surface area contributed by atoms with E-state index in [0.717, 1.165) is 28.1 Å². The first-order valence-electron chi connectivity index (χ1n) is 8.66. The fourth-order valence-electron chi connectivity index (χ4n) is 2.88. The highest BCUT2D eigenvalue weighted by Crippen LogP contribution is 2.20. The van der Waals surface area contributed by atoms with E-state index in [0.29, 0.717) is 13.0 Å². The minimum atomic E-state index is -0.197. The highest BCUT2D eigenvalue weighted by Gasteiger charge is 2.16. The van der Waals surface area contributed by atoms with Gasteiger partial charge >= 0.3 is 0 Å². The molecule has 0 aliphatic heterocycles. The molecule has 2 aromatic rings. The van der Waals surface area contributed by atoms with E-state index in [1.165, 1.54) is 6.92 Å². The van der Waals surface area contributed by atoms with Crippen molar-refractivity contribution >= 4 is 17.5 Å². The number of carbonyl (C=O) groups is 2. The zero-order valence-corrected chi connectivity index (χ0v) is 15.8. The minimum absolute atomic E-state index is 0.0260. The van der Waals surface area contributed by atoms with E-state index in [-0.39, 0.29) is 18.4 Å². The Hall–Kier alpha value is -2.82. The molecule has 0 fully saturated rings. The minimum Gasteiger partial charge on any atom is -0.496 e. The Morgan fingerprint density at radius 2 is 1.69 bits per heavy atom. The molecule has 0 aliphatic rings. The summed E-state index contributed by atoms with van der Waals surface area (Å²) in [6.45, 7) is 5.86. The molecule has 0 aliphatic carbocycles. The number of hydrogen-bond acceptors (Lipinski definition) is 3. The van der Waals surface area contributed by atoms with Gasteiger partial charge in [0.05, 0.1) is 13.7 Å². The molecule has 5 heteroatoms. The molecule has 5 nitrogen and oxygen atoms in total. The van der Waals surface area contributed by atoms with Gasteiger partial charge in [-0.25, -0.2) is 0 Å². The molecule has 0 saturated heterocycles. The number of rotatable bonds is 7. The first-order chi connectivity index (χ1) is 12.4. The van der Waals surface area contributed by atoms with Gasteiger partial charge in [0.1, 0.15) is 5.75 Å². The summed E-state index contributed by atoms with van der Waals surface area (Å²) in [5.41, 5.74) is 3.82. The van der Waals surface area contributed by atoms with E-state index >= 15 is 0 Å². The average Bonchev–Trinajstić information content (AvgIpc) is 2.61. The van der Waals surface area contributed by atoms with Crippen molar-refractivity contribution in [3.63, 3.8) is 0 Å². The lowest BCUT2D eigenvalue weighted by molar-refractivity contribution is -0.132. The Morgan fingerprint density at radius 3 is 2.31 bits per heavy atom. The van der Waals surface area contributed by atoms with Gasteiger partial charge in [0.15, 0.2) is 0 Å². The lowest BCUT2D eigenvalue weighted by Gasteiger charge is -2.22. The van der Waals surface area contributed by atoms with Crippen LogP contribution >= 0.6 is 0 Å². The fourth-order valence-corrected chi connectivity index (χ4v) is 2.88. The predicted molar refractivity (Wildman–Crippen MR) is 103 cm³/mol. The Bertz CT molecular complexity index is 766. The summed E-state index contributed by atoms with van der Waals surface area (Å²) in [4.78, 5) is 25.9. The number of nitrogens with one attached hydrogen (secondary N) is 1. The summed E-state index contributed by atoms with van der Waals surface area (Å²) in [6.07, 6.45) is 0.625. The van der Waals surface area contributed by atoms with Crippen LogP contribution in [0.2, 0.25) is 0 Å². The van der Waals surface area contributed by atoms with Crippen LogP contribution in [-0.2, 0) is 16.0 Å². The fraction of sp³-hybridized carbons (Fsp3) is 0.333. The molecule has 0 heterocycles. The number of nitrogens with zero attached hydrogens (tertiary/aromatic N) is 1. The molecule has 0 bridgehead atoms. The van der Waals surface area contributed by atoms with Gasteiger partial charge in [0.25, 0.3) is 0 Å². The molecular formula is C21H26N2O3. The van der Waals surface area contributed by atoms with Crippen LogP contribution in [0.3, 0.4) is 0 Å². The standard InChI is InChI=1S/C21H26N2O3/c1-15-8-7-9-16(2)21(15)22-20(25)14-23(17(3)24)13-12-18-10-5-6-11-19(18)26-4/h5-11H,12-14H2,1-4H3,(H,22,25). The van der Waals surface area contributed by atoms with Crippen LogP contribution < -0.4 is 10.1 Å². The number of methoxy groups -OCH3 is 1. The Balaban J connectivity index is 2.01. The second-order valence-electron chi connectivity index (χ2n) is 6.32. The molecule has 0 aromatic heterocycles. The van der Waals surface area contributed by atoms with Gasteiger partial charge in [0.2, 0.25) is 11.8 Å². The molecular weight excluding hydrogens is 328 g/mol. The third-order valence-corrected chi connectivity index (χ3v) is 4.37. The van der Waals surface area contributed by atoms with Gasteiger partial charge in [-0.15, -0.1) is 0 Å². The Kier molecular flexibility index (Phi) is 6.78. The van der Waals surface area contributed by atoms with Crippen LogP contribution in [0.15, 0.2) is 42.5 Å². The molecule has 0 saturated carbocycles. The molecule has 1 N–H and O–H groups in total.